The fourth-order valence-corrected chi connectivity index (χ4v) is 6.02. The molecule has 0 unspecified atom stereocenters. The molecule has 1 aliphatic carbocycles. The van der Waals surface area contributed by atoms with E-state index in [1.54, 1.807) is 12.1 Å². The number of rotatable bonds is 3. The molecule has 3 aromatic rings. The second-order valence-electron chi connectivity index (χ2n) is 9.61. The van der Waals surface area contributed by atoms with Gasteiger partial charge in [-0.2, -0.15) is 0 Å². The number of fused-ring (bicyclic) bond motifs is 2. The monoisotopic (exact) mass is 416 g/mol. The Morgan fingerprint density at radius 1 is 1.16 bits per heavy atom. The van der Waals surface area contributed by atoms with Crippen LogP contribution in [0.5, 0.6) is 0 Å². The Morgan fingerprint density at radius 2 is 1.90 bits per heavy atom. The zero-order valence-corrected chi connectivity index (χ0v) is 18.4. The average Bonchev–Trinajstić information content (AvgIpc) is 3.14. The number of nitrogens with zero attached hydrogens (tertiary/aromatic N) is 2. The maximum absolute atomic E-state index is 13.4. The van der Waals surface area contributed by atoms with Crippen molar-refractivity contribution in [3.63, 3.8) is 0 Å². The zero-order chi connectivity index (χ0) is 21.8. The van der Waals surface area contributed by atoms with E-state index in [2.05, 4.69) is 41.6 Å². The van der Waals surface area contributed by atoms with Gasteiger partial charge in [0, 0.05) is 23.4 Å². The van der Waals surface area contributed by atoms with E-state index < -0.39 is 5.60 Å². The van der Waals surface area contributed by atoms with E-state index in [9.17, 15) is 9.50 Å². The molecule has 1 N–H and O–H groups in total. The quantitative estimate of drug-likeness (QED) is 0.559. The summed E-state index contributed by atoms with van der Waals surface area (Å²) in [5.41, 5.74) is 5.35. The molecule has 1 aliphatic heterocycles. The third-order valence-electron chi connectivity index (χ3n) is 7.62. The lowest BCUT2D eigenvalue weighted by atomic mass is 9.56. The van der Waals surface area contributed by atoms with Gasteiger partial charge in [-0.1, -0.05) is 36.8 Å². The first-order valence-corrected chi connectivity index (χ1v) is 11.1. The molecule has 0 saturated heterocycles. The molecule has 0 amide bonds. The minimum atomic E-state index is -0.919. The number of aliphatic hydroxyl groups is 1. The lowest BCUT2D eigenvalue weighted by Crippen LogP contribution is -2.49. The van der Waals surface area contributed by atoms with Crippen molar-refractivity contribution in [3.8, 4) is 11.3 Å². The highest BCUT2D eigenvalue weighted by Crippen LogP contribution is 2.56. The molecule has 2 heterocycles. The normalized spacial score (nSPS) is 24.7. The molecule has 31 heavy (non-hydrogen) atoms. The van der Waals surface area contributed by atoms with Crippen LogP contribution in [0, 0.1) is 24.1 Å². The van der Waals surface area contributed by atoms with E-state index in [-0.39, 0.29) is 17.2 Å². The highest BCUT2D eigenvalue weighted by atomic mass is 19.1. The summed E-state index contributed by atoms with van der Waals surface area (Å²) in [5.74, 6) is -0.137. The van der Waals surface area contributed by atoms with Crippen LogP contribution >= 0.6 is 0 Å². The molecule has 3 atom stereocenters. The Labute approximate surface area is 183 Å². The van der Waals surface area contributed by atoms with Crippen LogP contribution in [-0.4, -0.2) is 14.7 Å². The molecule has 2 aromatic carbocycles. The second kappa shape index (κ2) is 7.16. The van der Waals surface area contributed by atoms with Crippen molar-refractivity contribution in [2.45, 2.75) is 52.2 Å². The van der Waals surface area contributed by atoms with Gasteiger partial charge in [0.2, 0.25) is 0 Å². The SMILES string of the molecule is Cc1ccccc1[C@@](C)(O)[C@H]1CCCC2=Cc3c(-c4ccc(F)cc4)ncn3C[C@@]21C. The van der Waals surface area contributed by atoms with Gasteiger partial charge in [-0.3, -0.25) is 0 Å². The van der Waals surface area contributed by atoms with E-state index in [0.29, 0.717) is 0 Å². The first-order valence-electron chi connectivity index (χ1n) is 11.1. The van der Waals surface area contributed by atoms with Crippen molar-refractivity contribution in [1.82, 2.24) is 9.55 Å². The number of imidazole rings is 1. The topological polar surface area (TPSA) is 38.1 Å². The number of aryl methyl sites for hydroxylation is 1. The Kier molecular flexibility index (Phi) is 4.67. The van der Waals surface area contributed by atoms with Gasteiger partial charge in [-0.15, -0.1) is 0 Å². The highest BCUT2D eigenvalue weighted by molar-refractivity contribution is 5.72. The highest BCUT2D eigenvalue weighted by Gasteiger charge is 2.51. The van der Waals surface area contributed by atoms with Crippen molar-refractivity contribution < 1.29 is 9.50 Å². The van der Waals surface area contributed by atoms with Crippen LogP contribution in [0.25, 0.3) is 17.3 Å². The van der Waals surface area contributed by atoms with Crippen molar-refractivity contribution in [1.29, 1.82) is 0 Å². The maximum atomic E-state index is 13.4. The fourth-order valence-electron chi connectivity index (χ4n) is 6.02. The van der Waals surface area contributed by atoms with Crippen LogP contribution in [-0.2, 0) is 12.1 Å². The number of halogens is 1. The van der Waals surface area contributed by atoms with Gasteiger partial charge < -0.3 is 9.67 Å². The molecular formula is C27H29FN2O. The number of aromatic nitrogens is 2. The standard InChI is InChI=1S/C27H29FN2O/c1-18-7-4-5-9-22(18)27(3,31)24-10-6-8-20-15-23-25(19-11-13-21(28)14-12-19)29-17-30(23)16-26(20,24)2/h4-5,7,9,11-15,17,24,31H,6,8,10,16H2,1-3H3/t24-,26-,27+/m0/s1. The summed E-state index contributed by atoms with van der Waals surface area (Å²) in [6, 6.07) is 14.7. The smallest absolute Gasteiger partial charge is 0.123 e. The summed E-state index contributed by atoms with van der Waals surface area (Å²) in [6.07, 6.45) is 7.25. The Morgan fingerprint density at radius 3 is 2.65 bits per heavy atom. The van der Waals surface area contributed by atoms with Crippen molar-refractivity contribution in [2.24, 2.45) is 11.3 Å². The third-order valence-corrected chi connectivity index (χ3v) is 7.62. The van der Waals surface area contributed by atoms with Crippen LogP contribution in [0.15, 0.2) is 60.4 Å². The third kappa shape index (κ3) is 3.16. The lowest BCUT2D eigenvalue weighted by molar-refractivity contribution is -0.0716. The van der Waals surface area contributed by atoms with Gasteiger partial charge in [0.15, 0.2) is 0 Å². The van der Waals surface area contributed by atoms with Crippen LogP contribution in [0.3, 0.4) is 0 Å². The van der Waals surface area contributed by atoms with Crippen LogP contribution in [0.1, 0.15) is 49.9 Å². The molecule has 1 saturated carbocycles. The molecule has 5 rings (SSSR count). The van der Waals surface area contributed by atoms with E-state index in [4.69, 9.17) is 0 Å². The molecule has 1 aromatic heterocycles. The molecule has 0 spiro atoms. The number of hydrogen-bond donors (Lipinski definition) is 1. The van der Waals surface area contributed by atoms with Crippen LogP contribution < -0.4 is 0 Å². The average molecular weight is 417 g/mol. The maximum Gasteiger partial charge on any atom is 0.123 e. The molecule has 1 fully saturated rings. The first-order chi connectivity index (χ1) is 14.8. The largest absolute Gasteiger partial charge is 0.385 e. The summed E-state index contributed by atoms with van der Waals surface area (Å²) in [7, 11) is 0. The summed E-state index contributed by atoms with van der Waals surface area (Å²) in [5, 5.41) is 11.9. The van der Waals surface area contributed by atoms with E-state index in [1.807, 2.05) is 25.4 Å². The predicted octanol–water partition coefficient (Wildman–Crippen LogP) is 6.11. The van der Waals surface area contributed by atoms with Gasteiger partial charge in [-0.25, -0.2) is 9.37 Å². The second-order valence-corrected chi connectivity index (χ2v) is 9.61. The van der Waals surface area contributed by atoms with Crippen LogP contribution in [0.2, 0.25) is 0 Å². The molecule has 3 nitrogen and oxygen atoms in total. The molecule has 0 radical (unpaired) electrons. The zero-order valence-electron chi connectivity index (χ0n) is 18.4. The minimum Gasteiger partial charge on any atom is -0.385 e. The van der Waals surface area contributed by atoms with Gasteiger partial charge in [0.25, 0.3) is 0 Å². The number of allylic oxidation sites excluding steroid dienone is 1. The van der Waals surface area contributed by atoms with Gasteiger partial charge in [0.05, 0.1) is 23.3 Å². The number of benzene rings is 2. The lowest BCUT2D eigenvalue weighted by Gasteiger charge is -2.52. The Hall–Kier alpha value is -2.72. The predicted molar refractivity (Wildman–Crippen MR) is 122 cm³/mol. The van der Waals surface area contributed by atoms with Crippen molar-refractivity contribution >= 4 is 6.08 Å². The van der Waals surface area contributed by atoms with Crippen LogP contribution in [0.4, 0.5) is 4.39 Å². The Bertz CT molecular complexity index is 1160. The molecule has 0 bridgehead atoms. The van der Waals surface area contributed by atoms with E-state index >= 15 is 0 Å². The molecule has 4 heteroatoms. The summed E-state index contributed by atoms with van der Waals surface area (Å²) in [6.45, 7) is 7.15. The fraction of sp³-hybridized carbons (Fsp3) is 0.370. The van der Waals surface area contributed by atoms with Crippen molar-refractivity contribution in [2.75, 3.05) is 0 Å². The number of hydrogen-bond acceptors (Lipinski definition) is 2. The molecular weight excluding hydrogens is 387 g/mol. The van der Waals surface area contributed by atoms with E-state index in [1.165, 1.54) is 17.7 Å². The van der Waals surface area contributed by atoms with Gasteiger partial charge >= 0.3 is 0 Å². The minimum absolute atomic E-state index is 0.103. The van der Waals surface area contributed by atoms with E-state index in [0.717, 1.165) is 53.9 Å². The molecule has 160 valence electrons. The summed E-state index contributed by atoms with van der Waals surface area (Å²) < 4.78 is 15.6. The van der Waals surface area contributed by atoms with Crippen molar-refractivity contribution in [3.05, 3.63) is 83.1 Å². The first kappa shape index (κ1) is 20.2. The van der Waals surface area contributed by atoms with Gasteiger partial charge in [-0.05, 0) is 74.6 Å². The Balaban J connectivity index is 1.57. The summed E-state index contributed by atoms with van der Waals surface area (Å²) in [4.78, 5) is 4.68. The molecule has 2 aliphatic rings. The summed E-state index contributed by atoms with van der Waals surface area (Å²) >= 11 is 0. The van der Waals surface area contributed by atoms with Gasteiger partial charge in [0.1, 0.15) is 5.82 Å².